The van der Waals surface area contributed by atoms with Gasteiger partial charge in [-0.2, -0.15) is 0 Å². The van der Waals surface area contributed by atoms with Gasteiger partial charge in [-0.3, -0.25) is 0 Å². The predicted octanol–water partition coefficient (Wildman–Crippen LogP) is 9.75. The molecule has 35 heavy (non-hydrogen) atoms. The van der Waals surface area contributed by atoms with Gasteiger partial charge in [0.25, 0.3) is 0 Å². The van der Waals surface area contributed by atoms with Crippen molar-refractivity contribution in [3.05, 3.63) is 29.3 Å². The molecule has 1 aliphatic carbocycles. The minimum Gasteiger partial charge on any atom is -0.485 e. The molecule has 1 saturated heterocycles. The molecule has 2 fully saturated rings. The van der Waals surface area contributed by atoms with Gasteiger partial charge in [0, 0.05) is 8.80 Å². The maximum atomic E-state index is 14.7. The number of alkyl halides is 1. The van der Waals surface area contributed by atoms with Crippen LogP contribution in [0.2, 0.25) is 18.1 Å². The molecule has 0 amide bonds. The topological polar surface area (TPSA) is 9.23 Å². The third-order valence-corrected chi connectivity index (χ3v) is 12.3. The van der Waals surface area contributed by atoms with Crippen molar-refractivity contribution >= 4 is 8.80 Å². The zero-order valence-corrected chi connectivity index (χ0v) is 23.5. The smallest absolute Gasteiger partial charge is 0.190 e. The molecule has 3 rings (SSSR count). The van der Waals surface area contributed by atoms with Gasteiger partial charge in [0.1, 0.15) is 12.8 Å². The molecule has 1 aliphatic heterocycles. The summed E-state index contributed by atoms with van der Waals surface area (Å²) < 4.78 is 48.7. The summed E-state index contributed by atoms with van der Waals surface area (Å²) in [5.41, 5.74) is 0.745. The molecule has 0 bridgehead atoms. The molecule has 0 aromatic heterocycles. The molecule has 1 aromatic rings. The molecule has 1 saturated carbocycles. The van der Waals surface area contributed by atoms with E-state index in [9.17, 15) is 13.2 Å². The molecule has 2 aliphatic rings. The van der Waals surface area contributed by atoms with Gasteiger partial charge < -0.3 is 4.74 Å². The summed E-state index contributed by atoms with van der Waals surface area (Å²) in [6.45, 7) is 4.12. The minimum absolute atomic E-state index is 0.219. The van der Waals surface area contributed by atoms with E-state index in [-0.39, 0.29) is 12.5 Å². The van der Waals surface area contributed by atoms with Gasteiger partial charge in [-0.05, 0) is 67.6 Å². The van der Waals surface area contributed by atoms with Gasteiger partial charge in [-0.25, -0.2) is 13.2 Å². The van der Waals surface area contributed by atoms with Gasteiger partial charge >= 0.3 is 0 Å². The van der Waals surface area contributed by atoms with Crippen LogP contribution >= 0.6 is 0 Å². The monoisotopic (exact) mass is 510 g/mol. The van der Waals surface area contributed by atoms with Crippen LogP contribution in [0.5, 0.6) is 5.75 Å². The van der Waals surface area contributed by atoms with Gasteiger partial charge in [-0.1, -0.05) is 89.8 Å². The van der Waals surface area contributed by atoms with Gasteiger partial charge in [0.15, 0.2) is 17.4 Å². The Morgan fingerprint density at radius 1 is 0.829 bits per heavy atom. The Bertz CT molecular complexity index is 703. The Kier molecular flexibility index (Phi) is 12.5. The lowest BCUT2D eigenvalue weighted by Crippen LogP contribution is -2.28. The first-order valence-corrected chi connectivity index (χ1v) is 17.2. The fraction of sp³-hybridized carbons (Fsp3) is 0.800. The van der Waals surface area contributed by atoms with E-state index in [1.165, 1.54) is 69.2 Å². The van der Waals surface area contributed by atoms with E-state index in [1.54, 1.807) is 6.04 Å². The van der Waals surface area contributed by atoms with E-state index < -0.39 is 32.4 Å². The zero-order valence-electron chi connectivity index (χ0n) is 22.3. The Morgan fingerprint density at radius 3 is 2.06 bits per heavy atom. The van der Waals surface area contributed by atoms with Gasteiger partial charge in [-0.15, -0.1) is 0 Å². The van der Waals surface area contributed by atoms with Crippen molar-refractivity contribution < 1.29 is 17.9 Å². The lowest BCUT2D eigenvalue weighted by atomic mass is 9.72. The first-order valence-electron chi connectivity index (χ1n) is 14.8. The molecule has 200 valence electrons. The number of hydrogen-bond donors (Lipinski definition) is 0. The van der Waals surface area contributed by atoms with E-state index in [0.29, 0.717) is 6.42 Å². The Hall–Kier alpha value is -0.973. The summed E-state index contributed by atoms with van der Waals surface area (Å²) in [5, 5.41) is 0. The molecule has 0 spiro atoms. The highest BCUT2D eigenvalue weighted by atomic mass is 28.3. The summed E-state index contributed by atoms with van der Waals surface area (Å²) in [6.07, 6.45) is 14.6. The van der Waals surface area contributed by atoms with Crippen LogP contribution in [0.4, 0.5) is 13.2 Å². The molecular formula is C30H49F3OSi. The number of ether oxygens (including phenoxy) is 1. The van der Waals surface area contributed by atoms with Crippen molar-refractivity contribution in [1.29, 1.82) is 0 Å². The van der Waals surface area contributed by atoms with Gasteiger partial charge in [0.05, 0.1) is 0 Å². The highest BCUT2D eigenvalue weighted by Gasteiger charge is 2.32. The number of halogens is 3. The van der Waals surface area contributed by atoms with Crippen LogP contribution in [0.25, 0.3) is 0 Å². The summed E-state index contributed by atoms with van der Waals surface area (Å²) in [6, 6.07) is 7.49. The lowest BCUT2D eigenvalue weighted by molar-refractivity contribution is 0.173. The average molecular weight is 511 g/mol. The lowest BCUT2D eigenvalue weighted by Gasteiger charge is -2.37. The van der Waals surface area contributed by atoms with E-state index in [0.717, 1.165) is 55.9 Å². The van der Waals surface area contributed by atoms with E-state index >= 15 is 0 Å². The Labute approximate surface area is 214 Å². The summed E-state index contributed by atoms with van der Waals surface area (Å²) >= 11 is 0. The highest BCUT2D eigenvalue weighted by molar-refractivity contribution is 6.58. The normalized spacial score (nSPS) is 26.0. The van der Waals surface area contributed by atoms with Crippen molar-refractivity contribution in [2.24, 2.45) is 11.8 Å². The summed E-state index contributed by atoms with van der Waals surface area (Å²) in [5.74, 6) is 0.104. The minimum atomic E-state index is -1.19. The first kappa shape index (κ1) is 28.6. The summed E-state index contributed by atoms with van der Waals surface area (Å²) in [7, 11) is -0.469. The number of benzene rings is 1. The number of rotatable bonds is 14. The van der Waals surface area contributed by atoms with Crippen LogP contribution in [0, 0.1) is 23.5 Å². The van der Waals surface area contributed by atoms with Crippen molar-refractivity contribution in [3.63, 3.8) is 0 Å². The predicted molar refractivity (Wildman–Crippen MR) is 144 cm³/mol. The van der Waals surface area contributed by atoms with Crippen LogP contribution in [-0.2, 0) is 0 Å². The summed E-state index contributed by atoms with van der Waals surface area (Å²) in [4.78, 5) is 0. The molecule has 1 unspecified atom stereocenters. The second-order valence-electron chi connectivity index (χ2n) is 11.5. The molecular weight excluding hydrogens is 461 g/mol. The quantitative estimate of drug-likeness (QED) is 0.179. The van der Waals surface area contributed by atoms with Gasteiger partial charge in [0.2, 0.25) is 0 Å². The largest absolute Gasteiger partial charge is 0.485 e. The van der Waals surface area contributed by atoms with Crippen LogP contribution in [0.3, 0.4) is 0 Å². The van der Waals surface area contributed by atoms with Crippen LogP contribution < -0.4 is 4.74 Å². The molecule has 1 atom stereocenters. The molecule has 1 nitrogen and oxygen atoms in total. The van der Waals surface area contributed by atoms with Crippen molar-refractivity contribution in [2.75, 3.05) is 6.61 Å². The third kappa shape index (κ3) is 9.13. The third-order valence-electron chi connectivity index (χ3n) is 8.82. The second kappa shape index (κ2) is 15.3. The Morgan fingerprint density at radius 2 is 1.43 bits per heavy atom. The molecule has 5 heteroatoms. The SMILES string of the molecule is CCCCCCC(F)COc1c(F)cc(C2CCC(C3CC[SiH](CCCCC)CC3)CC2)cc1F. The number of hydrogen-bond acceptors (Lipinski definition) is 1. The van der Waals surface area contributed by atoms with Crippen LogP contribution in [-0.4, -0.2) is 21.6 Å². The zero-order chi connectivity index (χ0) is 25.0. The maximum Gasteiger partial charge on any atom is 0.190 e. The van der Waals surface area contributed by atoms with Crippen LogP contribution in [0.1, 0.15) is 115 Å². The maximum absolute atomic E-state index is 14.7. The van der Waals surface area contributed by atoms with E-state index in [2.05, 4.69) is 13.8 Å². The average Bonchev–Trinajstić information content (AvgIpc) is 2.87. The highest BCUT2D eigenvalue weighted by Crippen LogP contribution is 2.44. The molecule has 1 heterocycles. The molecule has 1 aromatic carbocycles. The Balaban J connectivity index is 1.43. The number of unbranched alkanes of at least 4 members (excludes halogenated alkanes) is 5. The van der Waals surface area contributed by atoms with Crippen molar-refractivity contribution in [2.45, 2.75) is 134 Å². The van der Waals surface area contributed by atoms with E-state index in [4.69, 9.17) is 4.74 Å². The fourth-order valence-electron chi connectivity index (χ4n) is 6.56. The van der Waals surface area contributed by atoms with E-state index in [1.807, 2.05) is 0 Å². The standard InChI is InChI=1S/C30H49F3OSi/c1-3-5-7-8-10-27(31)22-34-30-28(32)20-26(21-29(30)33)24-13-11-23(12-14-24)25-15-18-35(19-16-25)17-9-6-4-2/h20-21,23-25,27,35H,3-19,22H2,1-2H3. The fourth-order valence-corrected chi connectivity index (χ4v) is 10.1. The first-order chi connectivity index (χ1) is 17.0. The second-order valence-corrected chi connectivity index (χ2v) is 14.9. The van der Waals surface area contributed by atoms with Crippen molar-refractivity contribution in [3.8, 4) is 5.75 Å². The van der Waals surface area contributed by atoms with Crippen molar-refractivity contribution in [1.82, 2.24) is 0 Å². The van der Waals surface area contributed by atoms with Crippen LogP contribution in [0.15, 0.2) is 12.1 Å². The molecule has 0 radical (unpaired) electrons. The molecule has 0 N–H and O–H groups in total.